The molecule has 1 saturated carbocycles. The van der Waals surface area contributed by atoms with Crippen molar-refractivity contribution in [3.05, 3.63) is 65.7 Å². The van der Waals surface area contributed by atoms with E-state index >= 15 is 9.59 Å². The predicted molar refractivity (Wildman–Crippen MR) is 357 cm³/mol. The third kappa shape index (κ3) is 18.5. The Balaban J connectivity index is 0.913. The number of carbonyl (C=O) groups excluding carboxylic acids is 6. The van der Waals surface area contributed by atoms with Gasteiger partial charge in [-0.05, 0) is 36.1 Å². The minimum absolute atomic E-state index is 0.0192. The molecule has 25 unspecified atom stereocenters. The number of guanidine groups is 2. The Bertz CT molecular complexity index is 3230. The molecule has 23 N–H and O–H groups in total. The van der Waals surface area contributed by atoms with Crippen molar-refractivity contribution in [3.8, 4) is 5.75 Å². The van der Waals surface area contributed by atoms with Crippen LogP contribution in [0.3, 0.4) is 0 Å². The number of nitrogens with one attached hydrogen (secondary N) is 11. The Labute approximate surface area is 598 Å². The number of rotatable bonds is 17. The monoisotopic (exact) mass is 1470 g/mol. The summed E-state index contributed by atoms with van der Waals surface area (Å²) in [6.07, 6.45) is -17.4. The van der Waals surface area contributed by atoms with Crippen LogP contribution in [0.1, 0.15) is 101 Å². The lowest BCUT2D eigenvalue weighted by atomic mass is 9.92. The average molecular weight is 1470 g/mol. The van der Waals surface area contributed by atoms with Crippen LogP contribution in [-0.4, -0.2) is 312 Å². The van der Waals surface area contributed by atoms with Gasteiger partial charge in [0, 0.05) is 38.3 Å². The fraction of sp³-hybridized carbons (Fsp3) is 0.701. The van der Waals surface area contributed by atoms with Crippen molar-refractivity contribution in [3.63, 3.8) is 0 Å². The highest BCUT2D eigenvalue weighted by molar-refractivity contribution is 5.98. The highest BCUT2D eigenvalue weighted by Gasteiger charge is 2.60. The van der Waals surface area contributed by atoms with Gasteiger partial charge < -0.3 is 147 Å². The quantitative estimate of drug-likeness (QED) is 0.0699. The van der Waals surface area contributed by atoms with E-state index in [1.807, 2.05) is 0 Å². The molecule has 25 atom stereocenters. The molecule has 7 aliphatic heterocycles. The first-order valence-electron chi connectivity index (χ1n) is 35.5. The van der Waals surface area contributed by atoms with Gasteiger partial charge in [0.2, 0.25) is 41.7 Å². The van der Waals surface area contributed by atoms with Crippen LogP contribution >= 0.6 is 0 Å². The number of benzene rings is 2. The van der Waals surface area contributed by atoms with Gasteiger partial charge in [-0.3, -0.25) is 39.6 Å². The summed E-state index contributed by atoms with van der Waals surface area (Å²) >= 11 is 0. The summed E-state index contributed by atoms with van der Waals surface area (Å²) in [4.78, 5) is 88.7. The maximum Gasteiger partial charge on any atom is 0.246 e. The van der Waals surface area contributed by atoms with E-state index in [-0.39, 0.29) is 23.8 Å². The number of aliphatic hydroxyl groups excluding tert-OH is 12. The van der Waals surface area contributed by atoms with Gasteiger partial charge in [-0.2, -0.15) is 0 Å². The molecule has 104 heavy (non-hydrogen) atoms. The summed E-state index contributed by atoms with van der Waals surface area (Å²) in [5, 5.41) is 173. The van der Waals surface area contributed by atoms with Crippen molar-refractivity contribution < 1.29 is 123 Å². The molecule has 0 radical (unpaired) electrons. The van der Waals surface area contributed by atoms with Crippen molar-refractivity contribution in [2.24, 2.45) is 0 Å². The molecule has 1 spiro atoms. The SMILES string of the molecule is CC(c1ccccc1)C1NC(=O)CNC(=O)C(CO)NC(=O)C(C(O)C2CNC(=N)N2C2OC(CO)C(O)C(O)C2O)NC(=O)C(C(O)C2CNC(=N)N2)NC(=O)C(Cc2ccc(OC3OC(CO)C(OC4OC(CO)C(O)C5OC6(CCCCCCCCCCCC6)OC45)C(O)C3O)cc2)NC1=O. The Kier molecular flexibility index (Phi) is 27.5. The van der Waals surface area contributed by atoms with E-state index < -0.39 is 246 Å². The number of hydrogen-bond donors (Lipinski definition) is 23. The summed E-state index contributed by atoms with van der Waals surface area (Å²) in [6.45, 7) is -3.54. The van der Waals surface area contributed by atoms with Gasteiger partial charge in [-0.25, -0.2) is 0 Å². The molecule has 8 aliphatic rings. The van der Waals surface area contributed by atoms with Crippen molar-refractivity contribution in [2.45, 2.75) is 249 Å². The van der Waals surface area contributed by atoms with Gasteiger partial charge in [0.1, 0.15) is 121 Å². The number of amides is 6. The highest BCUT2D eigenvalue weighted by Crippen LogP contribution is 2.45. The molecule has 37 heteroatoms. The van der Waals surface area contributed by atoms with Gasteiger partial charge in [0.05, 0.1) is 45.1 Å². The second-order valence-electron chi connectivity index (χ2n) is 27.8. The minimum Gasteiger partial charge on any atom is -0.462 e. The van der Waals surface area contributed by atoms with Crippen LogP contribution in [0.4, 0.5) is 0 Å². The van der Waals surface area contributed by atoms with Gasteiger partial charge in [0.25, 0.3) is 0 Å². The lowest BCUT2D eigenvalue weighted by Crippen LogP contribution is -2.69. The van der Waals surface area contributed by atoms with Gasteiger partial charge in [0.15, 0.2) is 30.2 Å². The number of carbonyl (C=O) groups is 6. The Hall–Kier alpha value is -7.12. The molecule has 37 nitrogen and oxygen atoms in total. The van der Waals surface area contributed by atoms with E-state index in [1.165, 1.54) is 37.1 Å². The van der Waals surface area contributed by atoms with E-state index in [0.29, 0.717) is 18.4 Å². The van der Waals surface area contributed by atoms with Crippen LogP contribution in [0, 0.1) is 10.8 Å². The minimum atomic E-state index is -2.35. The van der Waals surface area contributed by atoms with E-state index in [4.69, 9.17) is 44.0 Å². The number of nitrogens with zero attached hydrogens (tertiary/aromatic N) is 1. The van der Waals surface area contributed by atoms with E-state index in [2.05, 4.69) is 47.9 Å². The van der Waals surface area contributed by atoms with Crippen LogP contribution in [0.25, 0.3) is 0 Å². The molecule has 8 fully saturated rings. The lowest BCUT2D eigenvalue weighted by Gasteiger charge is -2.46. The van der Waals surface area contributed by atoms with Crippen LogP contribution < -0.4 is 52.6 Å². The van der Waals surface area contributed by atoms with Gasteiger partial charge in [-0.1, -0.05) is 101 Å². The summed E-state index contributed by atoms with van der Waals surface area (Å²) in [7, 11) is 0. The molecule has 10 rings (SSSR count). The van der Waals surface area contributed by atoms with Crippen LogP contribution in [-0.2, 0) is 63.6 Å². The zero-order valence-electron chi connectivity index (χ0n) is 57.4. The summed E-state index contributed by atoms with van der Waals surface area (Å²) in [5.74, 6) is -10.2. The largest absolute Gasteiger partial charge is 0.462 e. The summed E-state index contributed by atoms with van der Waals surface area (Å²) in [5.41, 5.74) is 0.754. The first-order chi connectivity index (χ1) is 49.9. The molecule has 2 aromatic rings. The maximum atomic E-state index is 15.3. The molecular formula is C67H100N12O25. The molecule has 6 amide bonds. The standard InChI is InChI=1S/C67H100N12O25/c1-31(33-15-11-10-12-16-33)43-59(95)73-35(23-32-17-19-34(20-18-32)98-63-53(92)51(90)54(41(30-83)101-63)102-64-56-55(49(88)40(29-82)100-64)103-67(104-56)21-13-8-6-4-2-3-5-7-9-14-22-67)58(94)77-44(46(85)36-24-71-65(68)75-36)61(97)78-45(60(96)74-37(27-80)57(93)70-26-42(84)76-43)47(86)38-25-72-66(69)79(38)62-52(91)50(89)48(87)39(28-81)99-62/h10-12,15-20,31,35-41,43-56,62-64,80-83,85-92H,2-9,13-14,21-30H2,1H3,(H2,69,72)(H,70,93)(H,73,95)(H,74,96)(H,76,84)(H,77,94)(H,78,97)(H3,68,71,75). The van der Waals surface area contributed by atoms with Crippen LogP contribution in [0.2, 0.25) is 0 Å². The predicted octanol–water partition coefficient (Wildman–Crippen LogP) is -7.74. The average Bonchev–Trinajstić information content (AvgIpc) is 1.70. The zero-order valence-corrected chi connectivity index (χ0v) is 57.4. The van der Waals surface area contributed by atoms with Crippen molar-refractivity contribution in [1.82, 2.24) is 52.8 Å². The molecule has 2 aromatic carbocycles. The van der Waals surface area contributed by atoms with Gasteiger partial charge in [-0.15, -0.1) is 0 Å². The van der Waals surface area contributed by atoms with Crippen molar-refractivity contribution in [2.75, 3.05) is 46.1 Å². The third-order valence-electron chi connectivity index (χ3n) is 20.6. The zero-order chi connectivity index (χ0) is 74.7. The normalized spacial score (nSPS) is 37.0. The highest BCUT2D eigenvalue weighted by atomic mass is 16.8. The second kappa shape index (κ2) is 36.0. The van der Waals surface area contributed by atoms with E-state index in [9.17, 15) is 80.5 Å². The number of ether oxygens (including phenoxy) is 7. The second-order valence-corrected chi connectivity index (χ2v) is 27.8. The van der Waals surface area contributed by atoms with Gasteiger partial charge >= 0.3 is 0 Å². The van der Waals surface area contributed by atoms with Crippen LogP contribution in [0.5, 0.6) is 5.75 Å². The molecule has 7 saturated heterocycles. The van der Waals surface area contributed by atoms with Crippen LogP contribution in [0.15, 0.2) is 54.6 Å². The summed E-state index contributed by atoms with van der Waals surface area (Å²) < 4.78 is 43.6. The lowest BCUT2D eigenvalue weighted by molar-refractivity contribution is -0.344. The first kappa shape index (κ1) is 79.4. The number of fused-ring (bicyclic) bond motifs is 1. The smallest absolute Gasteiger partial charge is 0.246 e. The fourth-order valence-electron chi connectivity index (χ4n) is 14.6. The molecule has 578 valence electrons. The fourth-order valence-corrected chi connectivity index (χ4v) is 14.6. The molecular weight excluding hydrogens is 1370 g/mol. The maximum absolute atomic E-state index is 15.3. The topological polar surface area (TPSA) is 569 Å². The molecule has 0 bridgehead atoms. The molecule has 0 aromatic heterocycles. The Morgan fingerprint density at radius 1 is 0.538 bits per heavy atom. The summed E-state index contributed by atoms with van der Waals surface area (Å²) in [6, 6.07) is 1.13. The number of hydrogen-bond acceptors (Lipinski definition) is 27. The molecule has 1 aliphatic carbocycles. The Morgan fingerprint density at radius 3 is 1.74 bits per heavy atom. The van der Waals surface area contributed by atoms with E-state index in [0.717, 1.165) is 56.3 Å². The number of aliphatic hydroxyl groups is 12. The third-order valence-corrected chi connectivity index (χ3v) is 20.6. The first-order valence-corrected chi connectivity index (χ1v) is 35.5. The Morgan fingerprint density at radius 2 is 1.12 bits per heavy atom. The molecule has 7 heterocycles. The van der Waals surface area contributed by atoms with Crippen molar-refractivity contribution in [1.29, 1.82) is 10.8 Å². The van der Waals surface area contributed by atoms with E-state index in [1.54, 1.807) is 37.3 Å². The van der Waals surface area contributed by atoms with Crippen molar-refractivity contribution >= 4 is 47.4 Å².